The molecule has 2 unspecified atom stereocenters. The Hall–Kier alpha value is -3.53. The van der Waals surface area contributed by atoms with E-state index in [2.05, 4.69) is 32.0 Å². The first-order chi connectivity index (χ1) is 19.9. The fraction of sp³-hybridized carbons (Fsp3) is 0.333. The van der Waals surface area contributed by atoms with Crippen molar-refractivity contribution in [1.82, 2.24) is 29.5 Å². The second kappa shape index (κ2) is 13.4. The zero-order valence-electron chi connectivity index (χ0n) is 22.6. The first kappa shape index (κ1) is 34.0. The van der Waals surface area contributed by atoms with Crippen LogP contribution in [0.15, 0.2) is 61.7 Å². The highest BCUT2D eigenvalue weighted by atomic mass is 127. The van der Waals surface area contributed by atoms with E-state index in [0.29, 0.717) is 3.57 Å². The third-order valence-electron chi connectivity index (χ3n) is 5.96. The molecular formula is C27H25F6IN6O3. The van der Waals surface area contributed by atoms with Gasteiger partial charge in [-0.1, -0.05) is 24.0 Å². The quantitative estimate of drug-likeness (QED) is 0.154. The number of alkyl halides is 6. The molecule has 0 radical (unpaired) electrons. The van der Waals surface area contributed by atoms with Gasteiger partial charge >= 0.3 is 12.4 Å². The third kappa shape index (κ3) is 9.23. The van der Waals surface area contributed by atoms with Crippen LogP contribution < -0.4 is 0 Å². The number of hydrogen-bond acceptors (Lipinski definition) is 7. The van der Waals surface area contributed by atoms with Crippen LogP contribution in [0, 0.1) is 15.4 Å². The molecule has 4 aromatic rings. The number of aliphatic hydroxyl groups excluding tert-OH is 1. The first-order valence-electron chi connectivity index (χ1n) is 12.2. The maximum absolute atomic E-state index is 13.3. The van der Waals surface area contributed by atoms with Crippen molar-refractivity contribution < 1.29 is 41.7 Å². The maximum atomic E-state index is 13.3. The molecule has 230 valence electrons. The van der Waals surface area contributed by atoms with Crippen LogP contribution in [-0.4, -0.2) is 51.5 Å². The predicted octanol–water partition coefficient (Wildman–Crippen LogP) is 4.36. The summed E-state index contributed by atoms with van der Waals surface area (Å²) in [7, 11) is 0. The molecule has 9 nitrogen and oxygen atoms in total. The topological polar surface area (TPSA) is 122 Å². The number of rotatable bonds is 6. The van der Waals surface area contributed by atoms with Gasteiger partial charge in [-0.25, -0.2) is 19.3 Å². The molecule has 2 heterocycles. The standard InChI is InChI=1S/C15H14F3N3O2.C12H11F3IN3O/c1-14(23,8-21-10-19-9-20-21)12-5-4-11(3-2-6-22)7-13(12)15(16,17)18;1-11(20,5-19-7-17-6-18-19)9-3-2-8(16)4-10(9)12(13,14)15/h4-5,7,9-10,22-23H,6,8H2,1H3;2-4,6-7,20H,5H2,1H3. The van der Waals surface area contributed by atoms with Crippen molar-refractivity contribution in [2.24, 2.45) is 0 Å². The first-order valence-corrected chi connectivity index (χ1v) is 13.3. The molecule has 0 saturated heterocycles. The van der Waals surface area contributed by atoms with Crippen molar-refractivity contribution in [3.05, 3.63) is 93.1 Å². The zero-order chi connectivity index (χ0) is 32.1. The summed E-state index contributed by atoms with van der Waals surface area (Å²) in [4.78, 5) is 7.40. The van der Waals surface area contributed by atoms with E-state index in [0.717, 1.165) is 12.1 Å². The van der Waals surface area contributed by atoms with Gasteiger partial charge < -0.3 is 15.3 Å². The van der Waals surface area contributed by atoms with Crippen molar-refractivity contribution in [2.45, 2.75) is 50.5 Å². The summed E-state index contributed by atoms with van der Waals surface area (Å²) >= 11 is 1.80. The van der Waals surface area contributed by atoms with Gasteiger partial charge in [0, 0.05) is 9.13 Å². The van der Waals surface area contributed by atoms with Crippen LogP contribution in [0.2, 0.25) is 0 Å². The predicted molar refractivity (Wildman–Crippen MR) is 149 cm³/mol. The van der Waals surface area contributed by atoms with Gasteiger partial charge in [0.1, 0.15) is 43.1 Å². The fourth-order valence-electron chi connectivity index (χ4n) is 4.12. The van der Waals surface area contributed by atoms with E-state index in [1.807, 2.05) is 0 Å². The van der Waals surface area contributed by atoms with E-state index in [4.69, 9.17) is 5.11 Å². The van der Waals surface area contributed by atoms with Gasteiger partial charge in [-0.05, 0) is 71.8 Å². The molecule has 2 aromatic carbocycles. The smallest absolute Gasteiger partial charge is 0.384 e. The monoisotopic (exact) mass is 722 g/mol. The summed E-state index contributed by atoms with van der Waals surface area (Å²) in [5.74, 6) is 4.71. The largest absolute Gasteiger partial charge is 0.416 e. The molecule has 4 rings (SSSR count). The molecule has 3 N–H and O–H groups in total. The number of aliphatic hydroxyl groups is 3. The Morgan fingerprint density at radius 1 is 0.744 bits per heavy atom. The summed E-state index contributed by atoms with van der Waals surface area (Å²) in [5, 5.41) is 37.1. The highest BCUT2D eigenvalue weighted by molar-refractivity contribution is 14.1. The average molecular weight is 722 g/mol. The lowest BCUT2D eigenvalue weighted by Gasteiger charge is -2.27. The molecule has 0 bridgehead atoms. The lowest BCUT2D eigenvalue weighted by Crippen LogP contribution is -2.31. The van der Waals surface area contributed by atoms with Crippen LogP contribution in [0.25, 0.3) is 0 Å². The summed E-state index contributed by atoms with van der Waals surface area (Å²) in [6, 6.07) is 7.24. The van der Waals surface area contributed by atoms with Gasteiger partial charge in [0.2, 0.25) is 0 Å². The Labute approximate surface area is 255 Å². The van der Waals surface area contributed by atoms with Gasteiger partial charge in [0.25, 0.3) is 0 Å². The zero-order valence-corrected chi connectivity index (χ0v) is 24.7. The Bertz CT molecular complexity index is 1560. The molecule has 0 aliphatic heterocycles. The number of nitrogens with zero attached hydrogens (tertiary/aromatic N) is 6. The lowest BCUT2D eigenvalue weighted by molar-refractivity contribution is -0.141. The minimum Gasteiger partial charge on any atom is -0.384 e. The number of halogens is 7. The van der Waals surface area contributed by atoms with Crippen LogP contribution in [0.5, 0.6) is 0 Å². The summed E-state index contributed by atoms with van der Waals surface area (Å²) in [5.41, 5.74) is -5.69. The van der Waals surface area contributed by atoms with Crippen LogP contribution in [-0.2, 0) is 36.6 Å². The molecule has 2 aromatic heterocycles. The molecule has 0 spiro atoms. The van der Waals surface area contributed by atoms with E-state index in [1.165, 1.54) is 72.8 Å². The van der Waals surface area contributed by atoms with Crippen LogP contribution in [0.1, 0.15) is 41.7 Å². The van der Waals surface area contributed by atoms with Crippen molar-refractivity contribution in [2.75, 3.05) is 6.61 Å². The van der Waals surface area contributed by atoms with Gasteiger partial charge in [-0.3, -0.25) is 0 Å². The number of aromatic nitrogens is 6. The molecule has 0 aliphatic rings. The molecule has 0 saturated carbocycles. The van der Waals surface area contributed by atoms with Crippen LogP contribution in [0.3, 0.4) is 0 Å². The highest BCUT2D eigenvalue weighted by Crippen LogP contribution is 2.39. The van der Waals surface area contributed by atoms with Gasteiger partial charge in [0.15, 0.2) is 0 Å². The molecule has 0 amide bonds. The van der Waals surface area contributed by atoms with E-state index in [9.17, 15) is 36.6 Å². The van der Waals surface area contributed by atoms with Gasteiger partial charge in [0.05, 0.1) is 24.2 Å². The molecule has 0 aliphatic carbocycles. The van der Waals surface area contributed by atoms with Crippen LogP contribution in [0.4, 0.5) is 26.3 Å². The molecular weight excluding hydrogens is 697 g/mol. The van der Waals surface area contributed by atoms with Crippen molar-refractivity contribution >= 4 is 22.6 Å². The number of hydrogen-bond donors (Lipinski definition) is 3. The second-order valence-electron chi connectivity index (χ2n) is 9.64. The minimum atomic E-state index is -4.65. The Balaban J connectivity index is 0.000000238. The molecule has 0 fully saturated rings. The van der Waals surface area contributed by atoms with Gasteiger partial charge in [-0.15, -0.1) is 0 Å². The summed E-state index contributed by atoms with van der Waals surface area (Å²) in [6.07, 6.45) is -4.04. The molecule has 16 heteroatoms. The van der Waals surface area contributed by atoms with E-state index >= 15 is 0 Å². The van der Waals surface area contributed by atoms with Gasteiger partial charge in [-0.2, -0.15) is 36.5 Å². The van der Waals surface area contributed by atoms with E-state index in [1.54, 1.807) is 22.6 Å². The van der Waals surface area contributed by atoms with Crippen molar-refractivity contribution in [3.8, 4) is 11.8 Å². The van der Waals surface area contributed by atoms with E-state index < -0.39 is 41.3 Å². The van der Waals surface area contributed by atoms with Crippen LogP contribution >= 0.6 is 22.6 Å². The highest BCUT2D eigenvalue weighted by Gasteiger charge is 2.40. The lowest BCUT2D eigenvalue weighted by atomic mass is 9.89. The molecule has 2 atom stereocenters. The SMILES string of the molecule is CC(O)(Cn1cncn1)c1ccc(C#CCO)cc1C(F)(F)F.CC(O)(Cn1cncn1)c1ccc(I)cc1C(F)(F)F. The molecule has 43 heavy (non-hydrogen) atoms. The van der Waals surface area contributed by atoms with Crippen molar-refractivity contribution in [1.29, 1.82) is 0 Å². The number of benzene rings is 2. The summed E-state index contributed by atoms with van der Waals surface area (Å²) < 4.78 is 82.2. The normalized spacial score (nSPS) is 14.5. The summed E-state index contributed by atoms with van der Waals surface area (Å²) in [6.45, 7) is 1.85. The minimum absolute atomic E-state index is 0.103. The Morgan fingerprint density at radius 2 is 1.21 bits per heavy atom. The maximum Gasteiger partial charge on any atom is 0.416 e. The Morgan fingerprint density at radius 3 is 1.63 bits per heavy atom. The Kier molecular flexibility index (Phi) is 10.6. The average Bonchev–Trinajstić information content (AvgIpc) is 3.60. The second-order valence-corrected chi connectivity index (χ2v) is 10.9. The fourth-order valence-corrected chi connectivity index (χ4v) is 4.61. The van der Waals surface area contributed by atoms with E-state index in [-0.39, 0.29) is 29.8 Å². The third-order valence-corrected chi connectivity index (χ3v) is 6.63. The van der Waals surface area contributed by atoms with Crippen molar-refractivity contribution in [3.63, 3.8) is 0 Å².